The van der Waals surface area contributed by atoms with Gasteiger partial charge in [-0.15, -0.1) is 5.10 Å². The van der Waals surface area contributed by atoms with Gasteiger partial charge in [-0.3, -0.25) is 4.79 Å². The summed E-state index contributed by atoms with van der Waals surface area (Å²) >= 11 is 0. The largest absolute Gasteiger partial charge is 0.364 e. The van der Waals surface area contributed by atoms with Crippen molar-refractivity contribution < 1.29 is 4.79 Å². The minimum Gasteiger partial charge on any atom is -0.364 e. The van der Waals surface area contributed by atoms with Gasteiger partial charge in [0.15, 0.2) is 5.69 Å². The van der Waals surface area contributed by atoms with E-state index in [-0.39, 0.29) is 0 Å². The highest BCUT2D eigenvalue weighted by molar-refractivity contribution is 5.91. The molecule has 0 radical (unpaired) electrons. The van der Waals surface area contributed by atoms with Gasteiger partial charge in [0.05, 0.1) is 11.7 Å². The van der Waals surface area contributed by atoms with Crippen molar-refractivity contribution in [2.45, 2.75) is 45.6 Å². The maximum Gasteiger partial charge on any atom is 0.271 e. The first-order valence-electron chi connectivity index (χ1n) is 5.89. The summed E-state index contributed by atoms with van der Waals surface area (Å²) in [5, 5.41) is 7.96. The molecule has 0 aromatic carbocycles. The molecule has 0 saturated heterocycles. The zero-order chi connectivity index (χ0) is 11.7. The van der Waals surface area contributed by atoms with Crippen molar-refractivity contribution in [3.63, 3.8) is 0 Å². The van der Waals surface area contributed by atoms with Gasteiger partial charge in [-0.1, -0.05) is 18.6 Å². The van der Waals surface area contributed by atoms with Crippen molar-refractivity contribution in [2.24, 2.45) is 11.7 Å². The second kappa shape index (κ2) is 4.23. The molecule has 1 aliphatic rings. The number of nitrogens with zero attached hydrogens (tertiary/aromatic N) is 3. The average Bonchev–Trinajstić information content (AvgIpc) is 2.57. The standard InChI is InChI=1S/C11H18N4O/c1-3-9-10(11(12)16)13-14-15(9)7(2)8-5-4-6-8/h7-8H,3-6H2,1-2H3,(H2,12,16). The van der Waals surface area contributed by atoms with E-state index in [1.54, 1.807) is 0 Å². The molecule has 1 aliphatic carbocycles. The number of amides is 1. The Balaban J connectivity index is 2.29. The summed E-state index contributed by atoms with van der Waals surface area (Å²) in [5.74, 6) is 0.191. The Hall–Kier alpha value is -1.39. The number of hydrogen-bond acceptors (Lipinski definition) is 3. The quantitative estimate of drug-likeness (QED) is 0.834. The van der Waals surface area contributed by atoms with Crippen molar-refractivity contribution in [1.29, 1.82) is 0 Å². The normalized spacial score (nSPS) is 18.1. The highest BCUT2D eigenvalue weighted by Crippen LogP contribution is 2.36. The van der Waals surface area contributed by atoms with E-state index < -0.39 is 5.91 Å². The average molecular weight is 222 g/mol. The molecule has 0 aliphatic heterocycles. The van der Waals surface area contributed by atoms with Crippen molar-refractivity contribution in [2.75, 3.05) is 0 Å². The SMILES string of the molecule is CCc1c(C(N)=O)nnn1C(C)C1CCC1. The molecule has 0 bridgehead atoms. The van der Waals surface area contributed by atoms with Crippen LogP contribution in [0.1, 0.15) is 55.3 Å². The zero-order valence-electron chi connectivity index (χ0n) is 9.81. The Morgan fingerprint density at radius 2 is 2.31 bits per heavy atom. The maximum atomic E-state index is 11.2. The van der Waals surface area contributed by atoms with E-state index in [1.165, 1.54) is 19.3 Å². The summed E-state index contributed by atoms with van der Waals surface area (Å²) < 4.78 is 1.88. The molecule has 1 aromatic rings. The summed E-state index contributed by atoms with van der Waals surface area (Å²) in [6, 6.07) is 0.323. The van der Waals surface area contributed by atoms with Gasteiger partial charge in [0.1, 0.15) is 0 Å². The number of carbonyl (C=O) groups excluding carboxylic acids is 1. The lowest BCUT2D eigenvalue weighted by Crippen LogP contribution is -2.25. The third-order valence-electron chi connectivity index (χ3n) is 3.58. The van der Waals surface area contributed by atoms with Crippen LogP contribution in [-0.4, -0.2) is 20.9 Å². The highest BCUT2D eigenvalue weighted by Gasteiger charge is 2.28. The molecule has 1 amide bonds. The molecule has 2 rings (SSSR count). The summed E-state index contributed by atoms with van der Waals surface area (Å²) in [5.41, 5.74) is 6.47. The molecular weight excluding hydrogens is 204 g/mol. The predicted octanol–water partition coefficient (Wildman–Crippen LogP) is 1.30. The molecule has 1 fully saturated rings. The van der Waals surface area contributed by atoms with Crippen LogP contribution < -0.4 is 5.73 Å². The number of rotatable bonds is 4. The fourth-order valence-electron chi connectivity index (χ4n) is 2.28. The van der Waals surface area contributed by atoms with Crippen molar-refractivity contribution >= 4 is 5.91 Å². The van der Waals surface area contributed by atoms with E-state index in [0.717, 1.165) is 12.1 Å². The summed E-state index contributed by atoms with van der Waals surface area (Å²) in [6.07, 6.45) is 4.53. The van der Waals surface area contributed by atoms with Crippen LogP contribution in [-0.2, 0) is 6.42 Å². The Morgan fingerprint density at radius 3 is 2.75 bits per heavy atom. The van der Waals surface area contributed by atoms with Crippen molar-refractivity contribution in [3.05, 3.63) is 11.4 Å². The first-order chi connectivity index (χ1) is 7.65. The highest BCUT2D eigenvalue weighted by atomic mass is 16.1. The summed E-state index contributed by atoms with van der Waals surface area (Å²) in [6.45, 7) is 4.14. The van der Waals surface area contributed by atoms with Crippen LogP contribution in [0, 0.1) is 5.92 Å². The maximum absolute atomic E-state index is 11.2. The number of nitrogens with two attached hydrogens (primary N) is 1. The van der Waals surface area contributed by atoms with Crippen LogP contribution >= 0.6 is 0 Å². The number of primary amides is 1. The van der Waals surface area contributed by atoms with E-state index >= 15 is 0 Å². The molecule has 5 nitrogen and oxygen atoms in total. The molecule has 88 valence electrons. The number of hydrogen-bond donors (Lipinski definition) is 1. The monoisotopic (exact) mass is 222 g/mol. The van der Waals surface area contributed by atoms with Crippen molar-refractivity contribution in [1.82, 2.24) is 15.0 Å². The fourth-order valence-corrected chi connectivity index (χ4v) is 2.28. The Kier molecular flexibility index (Phi) is 2.94. The van der Waals surface area contributed by atoms with Gasteiger partial charge in [0.25, 0.3) is 5.91 Å². The van der Waals surface area contributed by atoms with Crippen LogP contribution in [0.4, 0.5) is 0 Å². The molecule has 5 heteroatoms. The van der Waals surface area contributed by atoms with Crippen molar-refractivity contribution in [3.8, 4) is 0 Å². The molecule has 1 heterocycles. The smallest absolute Gasteiger partial charge is 0.271 e. The second-order valence-electron chi connectivity index (χ2n) is 4.48. The van der Waals surface area contributed by atoms with Crippen LogP contribution in [0.5, 0.6) is 0 Å². The lowest BCUT2D eigenvalue weighted by Gasteiger charge is -2.31. The molecule has 2 N–H and O–H groups in total. The molecule has 0 spiro atoms. The van der Waals surface area contributed by atoms with Gasteiger partial charge in [-0.2, -0.15) is 0 Å². The van der Waals surface area contributed by atoms with Gasteiger partial charge >= 0.3 is 0 Å². The molecule has 1 atom stereocenters. The molecule has 1 unspecified atom stereocenters. The number of aromatic nitrogens is 3. The van der Waals surface area contributed by atoms with Crippen LogP contribution in [0.25, 0.3) is 0 Å². The van der Waals surface area contributed by atoms with Gasteiger partial charge in [0.2, 0.25) is 0 Å². The van der Waals surface area contributed by atoms with Crippen LogP contribution in [0.2, 0.25) is 0 Å². The van der Waals surface area contributed by atoms with Gasteiger partial charge in [0, 0.05) is 0 Å². The van der Waals surface area contributed by atoms with E-state index in [2.05, 4.69) is 17.2 Å². The summed E-state index contributed by atoms with van der Waals surface area (Å²) in [7, 11) is 0. The third-order valence-corrected chi connectivity index (χ3v) is 3.58. The molecule has 1 saturated carbocycles. The zero-order valence-corrected chi connectivity index (χ0v) is 9.81. The Morgan fingerprint density at radius 1 is 1.62 bits per heavy atom. The van der Waals surface area contributed by atoms with Gasteiger partial charge < -0.3 is 5.73 Å². The predicted molar refractivity (Wildman–Crippen MR) is 60.0 cm³/mol. The van der Waals surface area contributed by atoms with Crippen LogP contribution in [0.15, 0.2) is 0 Å². The van der Waals surface area contributed by atoms with E-state index in [4.69, 9.17) is 5.73 Å². The second-order valence-corrected chi connectivity index (χ2v) is 4.48. The first kappa shape index (κ1) is 11.1. The first-order valence-corrected chi connectivity index (χ1v) is 5.89. The van der Waals surface area contributed by atoms with Crippen LogP contribution in [0.3, 0.4) is 0 Å². The Labute approximate surface area is 95.0 Å². The lowest BCUT2D eigenvalue weighted by atomic mass is 9.80. The molecule has 16 heavy (non-hydrogen) atoms. The van der Waals surface area contributed by atoms with Gasteiger partial charge in [-0.05, 0) is 32.1 Å². The Bertz CT molecular complexity index is 395. The van der Waals surface area contributed by atoms with E-state index in [9.17, 15) is 4.79 Å². The topological polar surface area (TPSA) is 73.8 Å². The minimum atomic E-state index is -0.482. The van der Waals surface area contributed by atoms with Gasteiger partial charge in [-0.25, -0.2) is 4.68 Å². The third kappa shape index (κ3) is 1.70. The van der Waals surface area contributed by atoms with E-state index in [1.807, 2.05) is 11.6 Å². The molecule has 1 aromatic heterocycles. The lowest BCUT2D eigenvalue weighted by molar-refractivity contribution is 0.0994. The molecular formula is C11H18N4O. The fraction of sp³-hybridized carbons (Fsp3) is 0.727. The summed E-state index contributed by atoms with van der Waals surface area (Å²) in [4.78, 5) is 11.2. The minimum absolute atomic E-state index is 0.323. The number of carbonyl (C=O) groups is 1. The van der Waals surface area contributed by atoms with E-state index in [0.29, 0.717) is 17.7 Å².